The summed E-state index contributed by atoms with van der Waals surface area (Å²) in [5.74, 6) is -4.15. The minimum atomic E-state index is -1.23. The van der Waals surface area contributed by atoms with Gasteiger partial charge in [-0.25, -0.2) is 4.98 Å². The van der Waals surface area contributed by atoms with Gasteiger partial charge in [0.2, 0.25) is 29.5 Å². The van der Waals surface area contributed by atoms with Gasteiger partial charge in [-0.15, -0.1) is 0 Å². The summed E-state index contributed by atoms with van der Waals surface area (Å²) in [4.78, 5) is 85.2. The number of benzene rings is 1. The van der Waals surface area contributed by atoms with Crippen LogP contribution in [0.1, 0.15) is 50.3 Å². The number of carboxylic acids is 1. The van der Waals surface area contributed by atoms with Gasteiger partial charge >= 0.3 is 5.97 Å². The second-order valence-corrected chi connectivity index (χ2v) is 11.5. The first kappa shape index (κ1) is 36.6. The first-order chi connectivity index (χ1) is 22.5. The number of nitrogens with two attached hydrogens (primary N) is 2. The van der Waals surface area contributed by atoms with Crippen molar-refractivity contribution in [3.8, 4) is 0 Å². The van der Waals surface area contributed by atoms with Crippen molar-refractivity contribution in [2.75, 3.05) is 19.6 Å². The van der Waals surface area contributed by atoms with E-state index in [1.807, 2.05) is 0 Å². The van der Waals surface area contributed by atoms with Crippen LogP contribution in [0.4, 0.5) is 0 Å². The third-order valence-electron chi connectivity index (χ3n) is 7.84. The number of H-pyrrole nitrogens is 1. The minimum absolute atomic E-state index is 0.0465. The third kappa shape index (κ3) is 11.5. The van der Waals surface area contributed by atoms with Crippen LogP contribution in [-0.4, -0.2) is 105 Å². The molecule has 256 valence electrons. The number of nitrogens with zero attached hydrogens (tertiary/aromatic N) is 2. The maximum atomic E-state index is 13.4. The summed E-state index contributed by atoms with van der Waals surface area (Å²) in [5, 5.41) is 19.5. The minimum Gasteiger partial charge on any atom is -0.480 e. The number of carbonyl (C=O) groups is 6. The van der Waals surface area contributed by atoms with Gasteiger partial charge in [-0.05, 0) is 44.7 Å². The van der Waals surface area contributed by atoms with E-state index in [4.69, 9.17) is 11.5 Å². The number of hydrogen-bond acceptors (Lipinski definition) is 9. The molecule has 16 heteroatoms. The van der Waals surface area contributed by atoms with Crippen LogP contribution in [0.25, 0.3) is 0 Å². The topological polar surface area (TPSA) is 255 Å². The second-order valence-electron chi connectivity index (χ2n) is 11.5. The molecule has 2 aromatic rings. The van der Waals surface area contributed by atoms with Crippen molar-refractivity contribution in [3.05, 3.63) is 54.1 Å². The molecule has 0 spiro atoms. The molecule has 1 saturated heterocycles. The van der Waals surface area contributed by atoms with Crippen LogP contribution in [0.2, 0.25) is 0 Å². The molecular formula is C31H45N9O7. The number of rotatable bonds is 18. The van der Waals surface area contributed by atoms with E-state index in [0.717, 1.165) is 5.56 Å². The molecule has 10 N–H and O–H groups in total. The molecule has 1 aromatic carbocycles. The van der Waals surface area contributed by atoms with Gasteiger partial charge in [0.15, 0.2) is 0 Å². The van der Waals surface area contributed by atoms with E-state index in [-0.39, 0.29) is 19.4 Å². The molecule has 3 rings (SSSR count). The Bertz CT molecular complexity index is 1360. The van der Waals surface area contributed by atoms with E-state index < -0.39 is 72.3 Å². The summed E-state index contributed by atoms with van der Waals surface area (Å²) in [6.45, 7) is 1.60. The Morgan fingerprint density at radius 1 is 1.00 bits per heavy atom. The van der Waals surface area contributed by atoms with Gasteiger partial charge in [0.1, 0.15) is 24.2 Å². The molecule has 47 heavy (non-hydrogen) atoms. The average Bonchev–Trinajstić information content (AvgIpc) is 3.76. The molecule has 0 unspecified atom stereocenters. The quantitative estimate of drug-likeness (QED) is 0.0846. The zero-order chi connectivity index (χ0) is 34.3. The van der Waals surface area contributed by atoms with Crippen LogP contribution in [0.15, 0.2) is 42.9 Å². The molecule has 0 aliphatic carbocycles. The Morgan fingerprint density at radius 2 is 1.72 bits per heavy atom. The Kier molecular flexibility index (Phi) is 14.3. The van der Waals surface area contributed by atoms with Gasteiger partial charge < -0.3 is 47.7 Å². The lowest BCUT2D eigenvalue weighted by molar-refractivity contribution is -0.142. The monoisotopic (exact) mass is 655 g/mol. The van der Waals surface area contributed by atoms with E-state index in [2.05, 4.69) is 31.2 Å². The Hall–Kier alpha value is -4.83. The number of likely N-dealkylation sites (tertiary alicyclic amines) is 1. The van der Waals surface area contributed by atoms with Crippen molar-refractivity contribution >= 4 is 35.5 Å². The summed E-state index contributed by atoms with van der Waals surface area (Å²) < 4.78 is 0. The molecule has 1 aromatic heterocycles. The molecule has 0 radical (unpaired) electrons. The first-order valence-electron chi connectivity index (χ1n) is 15.7. The number of imidazole rings is 1. The van der Waals surface area contributed by atoms with Crippen LogP contribution in [0.5, 0.6) is 0 Å². The van der Waals surface area contributed by atoms with Crippen molar-refractivity contribution in [3.63, 3.8) is 0 Å². The fourth-order valence-electron chi connectivity index (χ4n) is 5.17. The predicted molar refractivity (Wildman–Crippen MR) is 170 cm³/mol. The first-order valence-corrected chi connectivity index (χ1v) is 15.7. The smallest absolute Gasteiger partial charge is 0.325 e. The summed E-state index contributed by atoms with van der Waals surface area (Å²) in [6.07, 6.45) is 5.77. The molecule has 16 nitrogen and oxygen atoms in total. The van der Waals surface area contributed by atoms with Crippen molar-refractivity contribution in [1.82, 2.24) is 36.1 Å². The van der Waals surface area contributed by atoms with E-state index in [1.54, 1.807) is 36.5 Å². The molecule has 5 amide bonds. The predicted octanol–water partition coefficient (Wildman–Crippen LogP) is -1.68. The van der Waals surface area contributed by atoms with E-state index in [9.17, 15) is 33.9 Å². The second kappa shape index (κ2) is 18.3. The van der Waals surface area contributed by atoms with Crippen molar-refractivity contribution < 1.29 is 33.9 Å². The Labute approximate surface area is 272 Å². The molecule has 0 bridgehead atoms. The number of carbonyl (C=O) groups excluding carboxylic acids is 5. The molecular weight excluding hydrogens is 610 g/mol. The molecule has 2 heterocycles. The van der Waals surface area contributed by atoms with Crippen molar-refractivity contribution in [1.29, 1.82) is 0 Å². The van der Waals surface area contributed by atoms with Gasteiger partial charge in [0.25, 0.3) is 0 Å². The number of amides is 5. The summed E-state index contributed by atoms with van der Waals surface area (Å²) in [6, 6.07) is 3.81. The van der Waals surface area contributed by atoms with Crippen LogP contribution in [0, 0.1) is 0 Å². The van der Waals surface area contributed by atoms with Crippen molar-refractivity contribution in [2.45, 2.75) is 82.1 Å². The van der Waals surface area contributed by atoms with E-state index in [1.165, 1.54) is 18.2 Å². The number of aliphatic carboxylic acids is 1. The maximum absolute atomic E-state index is 13.4. The summed E-state index contributed by atoms with van der Waals surface area (Å²) in [7, 11) is 0. The van der Waals surface area contributed by atoms with Crippen LogP contribution >= 0.6 is 0 Å². The molecule has 1 aliphatic heterocycles. The van der Waals surface area contributed by atoms with Crippen molar-refractivity contribution in [2.24, 2.45) is 11.5 Å². The summed E-state index contributed by atoms with van der Waals surface area (Å²) >= 11 is 0. The lowest BCUT2D eigenvalue weighted by Gasteiger charge is -2.27. The number of aromatic amines is 1. The van der Waals surface area contributed by atoms with Crippen LogP contribution in [-0.2, 0) is 41.6 Å². The number of carboxylic acid groups (broad SMARTS) is 1. The highest BCUT2D eigenvalue weighted by Crippen LogP contribution is 2.18. The van der Waals surface area contributed by atoms with Gasteiger partial charge in [-0.1, -0.05) is 36.8 Å². The van der Waals surface area contributed by atoms with Crippen LogP contribution in [0.3, 0.4) is 0 Å². The fourth-order valence-corrected chi connectivity index (χ4v) is 5.17. The molecule has 0 saturated carbocycles. The Balaban J connectivity index is 1.64. The Morgan fingerprint density at radius 3 is 2.38 bits per heavy atom. The van der Waals surface area contributed by atoms with Gasteiger partial charge in [0.05, 0.1) is 24.6 Å². The zero-order valence-corrected chi connectivity index (χ0v) is 26.4. The van der Waals surface area contributed by atoms with Crippen LogP contribution < -0.4 is 32.7 Å². The molecule has 5 atom stereocenters. The summed E-state index contributed by atoms with van der Waals surface area (Å²) in [5.41, 5.74) is 12.8. The molecule has 1 fully saturated rings. The van der Waals surface area contributed by atoms with Gasteiger partial charge in [0, 0.05) is 25.6 Å². The number of hydrogen-bond donors (Lipinski definition) is 8. The zero-order valence-electron chi connectivity index (χ0n) is 26.4. The highest BCUT2D eigenvalue weighted by atomic mass is 16.4. The standard InChI is InChI=1S/C31H45N9O7/c1-19(31(46)47)37-29(44)23(14-20-8-3-2-4-9-20)39-30(45)25-11-7-13-40(25)26(41)17-35-28(43)24(15-21-16-34-18-36-21)38-27(42)22(33)10-5-6-12-32/h2-4,8-9,16,18-19,22-25H,5-7,10-15,17,32-33H2,1H3,(H,34,36)(H,35,43)(H,37,44)(H,38,42)(H,39,45)(H,46,47)/t19-,22-,23-,24-,25-/m0/s1. The van der Waals surface area contributed by atoms with Gasteiger partial charge in [-0.3, -0.25) is 28.8 Å². The molecule has 1 aliphatic rings. The number of aromatic nitrogens is 2. The fraction of sp³-hybridized carbons (Fsp3) is 0.516. The normalized spacial score (nSPS) is 16.7. The highest BCUT2D eigenvalue weighted by Gasteiger charge is 2.36. The largest absolute Gasteiger partial charge is 0.480 e. The number of nitrogens with one attached hydrogen (secondary N) is 5. The lowest BCUT2D eigenvalue weighted by atomic mass is 10.0. The highest BCUT2D eigenvalue weighted by molar-refractivity contribution is 5.95. The lowest BCUT2D eigenvalue weighted by Crippen LogP contribution is -2.57. The number of unbranched alkanes of at least 4 members (excludes halogenated alkanes) is 1. The average molecular weight is 656 g/mol. The van der Waals surface area contributed by atoms with Gasteiger partial charge in [-0.2, -0.15) is 0 Å². The maximum Gasteiger partial charge on any atom is 0.325 e. The third-order valence-corrected chi connectivity index (χ3v) is 7.84. The van der Waals surface area contributed by atoms with E-state index >= 15 is 0 Å². The van der Waals surface area contributed by atoms with E-state index in [0.29, 0.717) is 44.3 Å². The SMILES string of the molecule is C[C@H](NC(=O)[C@H](Cc1ccccc1)NC(=O)[C@@H]1CCCN1C(=O)CNC(=O)[C@H](Cc1c[nH]cn1)NC(=O)[C@@H](N)CCCCN)C(=O)O.